The van der Waals surface area contributed by atoms with Crippen LogP contribution in [0.3, 0.4) is 0 Å². The zero-order valence-electron chi connectivity index (χ0n) is 16.4. The molecule has 0 aliphatic carbocycles. The molecule has 0 radical (unpaired) electrons. The number of furan rings is 2. The van der Waals surface area contributed by atoms with Crippen LogP contribution in [-0.2, 0) is 11.3 Å². The molecule has 4 aromatic rings. The van der Waals surface area contributed by atoms with Crippen molar-refractivity contribution in [3.63, 3.8) is 0 Å². The van der Waals surface area contributed by atoms with Crippen molar-refractivity contribution >= 4 is 50.2 Å². The van der Waals surface area contributed by atoms with Gasteiger partial charge in [-0.1, -0.05) is 39.7 Å². The summed E-state index contributed by atoms with van der Waals surface area (Å²) >= 11 is 9.43. The molecule has 0 spiro atoms. The fourth-order valence-corrected chi connectivity index (χ4v) is 4.37. The third kappa shape index (κ3) is 3.53. The van der Waals surface area contributed by atoms with Gasteiger partial charge < -0.3 is 18.8 Å². The molecule has 1 unspecified atom stereocenters. The summed E-state index contributed by atoms with van der Waals surface area (Å²) in [7, 11) is 0. The Kier molecular flexibility index (Phi) is 5.15. The van der Waals surface area contributed by atoms with Gasteiger partial charge in [-0.3, -0.25) is 9.59 Å². The van der Waals surface area contributed by atoms with Crippen molar-refractivity contribution in [1.29, 1.82) is 0 Å². The van der Waals surface area contributed by atoms with Crippen LogP contribution in [0.1, 0.15) is 27.9 Å². The Labute approximate surface area is 195 Å². The molecular formula is C24H15BrClNO5. The fourth-order valence-electron chi connectivity index (χ4n) is 3.87. The largest absolute Gasteiger partial charge is 0.503 e. The van der Waals surface area contributed by atoms with Gasteiger partial charge in [0.2, 0.25) is 5.78 Å². The molecule has 0 fully saturated rings. The van der Waals surface area contributed by atoms with Gasteiger partial charge in [0.25, 0.3) is 5.91 Å². The second-order valence-electron chi connectivity index (χ2n) is 7.35. The number of halogens is 2. The Balaban J connectivity index is 1.60. The highest BCUT2D eigenvalue weighted by molar-refractivity contribution is 9.10. The van der Waals surface area contributed by atoms with E-state index in [1.54, 1.807) is 54.6 Å². The first-order valence-electron chi connectivity index (χ1n) is 9.68. The number of aliphatic hydroxyl groups is 1. The van der Waals surface area contributed by atoms with Gasteiger partial charge in [-0.2, -0.15) is 0 Å². The molecule has 6 nitrogen and oxygen atoms in total. The number of amides is 1. The van der Waals surface area contributed by atoms with Gasteiger partial charge in [-0.05, 0) is 54.1 Å². The molecule has 3 heterocycles. The van der Waals surface area contributed by atoms with E-state index in [1.807, 2.05) is 6.07 Å². The average molecular weight is 513 g/mol. The number of hydrogen-bond acceptors (Lipinski definition) is 5. The number of aliphatic hydroxyl groups excluding tert-OH is 1. The van der Waals surface area contributed by atoms with Gasteiger partial charge in [0, 0.05) is 14.9 Å². The van der Waals surface area contributed by atoms with Crippen molar-refractivity contribution in [2.24, 2.45) is 0 Å². The maximum atomic E-state index is 13.5. The van der Waals surface area contributed by atoms with Crippen LogP contribution in [-0.4, -0.2) is 21.7 Å². The summed E-state index contributed by atoms with van der Waals surface area (Å²) in [5.74, 6) is -1.28. The number of carbonyl (C=O) groups is 2. The zero-order chi connectivity index (χ0) is 22.4. The van der Waals surface area contributed by atoms with Crippen LogP contribution >= 0.6 is 27.5 Å². The molecule has 160 valence electrons. The topological polar surface area (TPSA) is 83.9 Å². The Morgan fingerprint density at radius 3 is 2.62 bits per heavy atom. The lowest BCUT2D eigenvalue weighted by atomic mass is 9.95. The third-order valence-electron chi connectivity index (χ3n) is 5.34. The lowest BCUT2D eigenvalue weighted by molar-refractivity contribution is -0.130. The Morgan fingerprint density at radius 1 is 1.12 bits per heavy atom. The maximum Gasteiger partial charge on any atom is 0.290 e. The summed E-state index contributed by atoms with van der Waals surface area (Å²) in [5.41, 5.74) is 1.10. The minimum Gasteiger partial charge on any atom is -0.503 e. The number of ketones is 1. The zero-order valence-corrected chi connectivity index (χ0v) is 18.8. The number of carbonyl (C=O) groups excluding carboxylic acids is 2. The van der Waals surface area contributed by atoms with Gasteiger partial charge in [-0.25, -0.2) is 0 Å². The van der Waals surface area contributed by atoms with Crippen LogP contribution in [0.5, 0.6) is 0 Å². The first-order valence-corrected chi connectivity index (χ1v) is 10.8. The van der Waals surface area contributed by atoms with Crippen LogP contribution in [0.2, 0.25) is 5.02 Å². The Bertz CT molecular complexity index is 1370. The van der Waals surface area contributed by atoms with Crippen LogP contribution in [0.4, 0.5) is 0 Å². The van der Waals surface area contributed by atoms with Gasteiger partial charge in [0.15, 0.2) is 11.5 Å². The second kappa shape index (κ2) is 8.00. The van der Waals surface area contributed by atoms with Crippen LogP contribution in [0.25, 0.3) is 11.0 Å². The fraction of sp³-hybridized carbons (Fsp3) is 0.0833. The quantitative estimate of drug-likeness (QED) is 0.321. The van der Waals surface area contributed by atoms with E-state index >= 15 is 0 Å². The van der Waals surface area contributed by atoms with Crippen LogP contribution in [0, 0.1) is 0 Å². The van der Waals surface area contributed by atoms with E-state index in [9.17, 15) is 14.7 Å². The number of rotatable bonds is 5. The highest BCUT2D eigenvalue weighted by Crippen LogP contribution is 2.41. The lowest BCUT2D eigenvalue weighted by Gasteiger charge is -2.25. The van der Waals surface area contributed by atoms with Gasteiger partial charge >= 0.3 is 0 Å². The lowest BCUT2D eigenvalue weighted by Crippen LogP contribution is -2.30. The van der Waals surface area contributed by atoms with Gasteiger partial charge in [0.1, 0.15) is 11.3 Å². The molecule has 8 heteroatoms. The minimum absolute atomic E-state index is 0.0336. The molecule has 1 aliphatic heterocycles. The van der Waals surface area contributed by atoms with E-state index in [0.717, 1.165) is 9.86 Å². The van der Waals surface area contributed by atoms with Crippen molar-refractivity contribution in [3.8, 4) is 0 Å². The smallest absolute Gasteiger partial charge is 0.290 e. The Morgan fingerprint density at radius 2 is 1.91 bits per heavy atom. The number of fused-ring (bicyclic) bond motifs is 1. The third-order valence-corrected chi connectivity index (χ3v) is 6.09. The van der Waals surface area contributed by atoms with E-state index in [1.165, 1.54) is 11.2 Å². The molecule has 5 rings (SSSR count). The molecule has 1 atom stereocenters. The summed E-state index contributed by atoms with van der Waals surface area (Å²) in [6.07, 6.45) is 1.50. The van der Waals surface area contributed by atoms with Crippen molar-refractivity contribution < 1.29 is 23.5 Å². The monoisotopic (exact) mass is 511 g/mol. The maximum absolute atomic E-state index is 13.5. The summed E-state index contributed by atoms with van der Waals surface area (Å²) in [5, 5.41) is 12.0. The first-order chi connectivity index (χ1) is 15.4. The summed E-state index contributed by atoms with van der Waals surface area (Å²) in [6.45, 7) is 0.0764. The second-order valence-corrected chi connectivity index (χ2v) is 8.70. The Hall–Kier alpha value is -3.29. The summed E-state index contributed by atoms with van der Waals surface area (Å²) in [6, 6.07) is 16.3. The molecule has 2 aromatic heterocycles. The van der Waals surface area contributed by atoms with Gasteiger partial charge in [-0.15, -0.1) is 0 Å². The van der Waals surface area contributed by atoms with Crippen molar-refractivity contribution in [3.05, 3.63) is 105 Å². The summed E-state index contributed by atoms with van der Waals surface area (Å²) < 4.78 is 12.0. The van der Waals surface area contributed by atoms with Crippen molar-refractivity contribution in [2.75, 3.05) is 0 Å². The molecule has 32 heavy (non-hydrogen) atoms. The SMILES string of the molecule is O=C(C1=C(O)C(=O)N(Cc2ccco2)C1c1ccc(Cl)cc1)c1cc2cc(Br)ccc2o1. The normalized spacial score (nSPS) is 16.4. The highest BCUT2D eigenvalue weighted by atomic mass is 79.9. The average Bonchev–Trinajstić information content (AvgIpc) is 3.49. The molecule has 1 N–H and O–H groups in total. The standard InChI is InChI=1S/C24H15BrClNO5/c25-15-5-8-18-14(10-15)11-19(32-18)22(28)20-21(13-3-6-16(26)7-4-13)27(24(30)23(20)29)12-17-2-1-9-31-17/h1-11,21,29H,12H2. The minimum atomic E-state index is -0.836. The summed E-state index contributed by atoms with van der Waals surface area (Å²) in [4.78, 5) is 27.9. The van der Waals surface area contributed by atoms with Crippen molar-refractivity contribution in [2.45, 2.75) is 12.6 Å². The van der Waals surface area contributed by atoms with Crippen molar-refractivity contribution in [1.82, 2.24) is 4.90 Å². The molecule has 2 aromatic carbocycles. The number of benzene rings is 2. The van der Waals surface area contributed by atoms with Gasteiger partial charge in [0.05, 0.1) is 24.4 Å². The predicted octanol–water partition coefficient (Wildman–Crippen LogP) is 6.22. The van der Waals surface area contributed by atoms with E-state index in [4.69, 9.17) is 20.4 Å². The number of nitrogens with zero attached hydrogens (tertiary/aromatic N) is 1. The molecule has 1 aliphatic rings. The molecule has 1 amide bonds. The van der Waals surface area contributed by atoms with Crippen LogP contribution in [0.15, 0.2) is 91.6 Å². The molecule has 0 saturated heterocycles. The predicted molar refractivity (Wildman–Crippen MR) is 121 cm³/mol. The first kappa shape index (κ1) is 20.6. The van der Waals surface area contributed by atoms with E-state index in [2.05, 4.69) is 15.9 Å². The molecule has 0 bridgehead atoms. The van der Waals surface area contributed by atoms with E-state index in [0.29, 0.717) is 21.9 Å². The van der Waals surface area contributed by atoms with E-state index in [-0.39, 0.29) is 17.9 Å². The number of Topliss-reactive ketones (excluding diaryl/α,β-unsaturated/α-hetero) is 1. The van der Waals surface area contributed by atoms with Crippen LogP contribution < -0.4 is 0 Å². The van der Waals surface area contributed by atoms with E-state index < -0.39 is 23.5 Å². The molecular weight excluding hydrogens is 498 g/mol. The molecule has 0 saturated carbocycles. The number of hydrogen-bond donors (Lipinski definition) is 1. The highest BCUT2D eigenvalue weighted by Gasteiger charge is 2.44.